The van der Waals surface area contributed by atoms with E-state index >= 15 is 0 Å². The minimum Gasteiger partial charge on any atom is -0.374 e. The summed E-state index contributed by atoms with van der Waals surface area (Å²) >= 11 is 0. The first kappa shape index (κ1) is 13.4. The highest BCUT2D eigenvalue weighted by Crippen LogP contribution is 2.31. The number of carbonyl (C=O) groups is 1. The second-order valence-corrected chi connectivity index (χ2v) is 5.28. The predicted molar refractivity (Wildman–Crippen MR) is 84.8 cm³/mol. The van der Waals surface area contributed by atoms with E-state index in [2.05, 4.69) is 25.8 Å². The van der Waals surface area contributed by atoms with Gasteiger partial charge in [-0.3, -0.25) is 9.78 Å². The highest BCUT2D eigenvalue weighted by Gasteiger charge is 2.17. The molecule has 0 radical (unpaired) electrons. The topological polar surface area (TPSA) is 92.9 Å². The van der Waals surface area contributed by atoms with Gasteiger partial charge in [0.15, 0.2) is 0 Å². The average molecular weight is 307 g/mol. The van der Waals surface area contributed by atoms with Crippen LogP contribution in [0.4, 0.5) is 11.4 Å². The van der Waals surface area contributed by atoms with Crippen LogP contribution < -0.4 is 10.6 Å². The second-order valence-electron chi connectivity index (χ2n) is 5.28. The number of nitrogens with one attached hydrogen (secondary N) is 2. The molecular weight excluding hydrogens is 294 g/mol. The van der Waals surface area contributed by atoms with Crippen molar-refractivity contribution < 1.29 is 9.32 Å². The third-order valence-corrected chi connectivity index (χ3v) is 3.69. The molecule has 0 bridgehead atoms. The highest BCUT2D eigenvalue weighted by molar-refractivity contribution is 6.01. The molecule has 0 atom stereocenters. The first-order valence-corrected chi connectivity index (χ1v) is 7.13. The van der Waals surface area contributed by atoms with Gasteiger partial charge in [0.2, 0.25) is 11.7 Å². The molecule has 0 unspecified atom stereocenters. The quantitative estimate of drug-likeness (QED) is 0.755. The Morgan fingerprint density at radius 3 is 3.00 bits per heavy atom. The fourth-order valence-electron chi connectivity index (χ4n) is 2.45. The molecule has 1 amide bonds. The summed E-state index contributed by atoms with van der Waals surface area (Å²) in [5, 5.41) is 9.88. The summed E-state index contributed by atoms with van der Waals surface area (Å²) in [6.45, 7) is 2.24. The zero-order chi connectivity index (χ0) is 15.8. The Labute approximate surface area is 131 Å². The molecule has 2 N–H and O–H groups in total. The van der Waals surface area contributed by atoms with Crippen molar-refractivity contribution in [3.8, 4) is 22.8 Å². The molecule has 7 nitrogen and oxygen atoms in total. The molecule has 3 aromatic rings. The van der Waals surface area contributed by atoms with Gasteiger partial charge in [0.25, 0.3) is 5.89 Å². The summed E-state index contributed by atoms with van der Waals surface area (Å²) in [6, 6.07) is 7.46. The van der Waals surface area contributed by atoms with E-state index in [-0.39, 0.29) is 12.5 Å². The SMILES string of the molecule is Cc1ccncc1-c1noc(-c2ccc3c(c2)NC(=O)CN3)n1. The number of aryl methyl sites for hydroxylation is 1. The zero-order valence-electron chi connectivity index (χ0n) is 12.3. The summed E-state index contributed by atoms with van der Waals surface area (Å²) < 4.78 is 5.36. The number of hydrogen-bond donors (Lipinski definition) is 2. The average Bonchev–Trinajstić information content (AvgIpc) is 3.04. The molecule has 0 spiro atoms. The van der Waals surface area contributed by atoms with Gasteiger partial charge in [0, 0.05) is 23.5 Å². The van der Waals surface area contributed by atoms with E-state index in [1.54, 1.807) is 12.4 Å². The molecule has 1 aliphatic heterocycles. The van der Waals surface area contributed by atoms with Crippen LogP contribution in [0.3, 0.4) is 0 Å². The Bertz CT molecular complexity index is 903. The van der Waals surface area contributed by atoms with Crippen molar-refractivity contribution in [1.29, 1.82) is 0 Å². The first-order chi connectivity index (χ1) is 11.2. The van der Waals surface area contributed by atoms with E-state index in [4.69, 9.17) is 4.52 Å². The maximum atomic E-state index is 11.5. The van der Waals surface area contributed by atoms with Crippen molar-refractivity contribution in [2.45, 2.75) is 6.92 Å². The van der Waals surface area contributed by atoms with Gasteiger partial charge in [0.05, 0.1) is 17.9 Å². The van der Waals surface area contributed by atoms with Gasteiger partial charge in [0.1, 0.15) is 0 Å². The monoisotopic (exact) mass is 307 g/mol. The van der Waals surface area contributed by atoms with Crippen LogP contribution >= 0.6 is 0 Å². The molecule has 7 heteroatoms. The third-order valence-electron chi connectivity index (χ3n) is 3.69. The summed E-state index contributed by atoms with van der Waals surface area (Å²) in [5.41, 5.74) is 4.17. The van der Waals surface area contributed by atoms with Crippen LogP contribution in [0, 0.1) is 6.92 Å². The number of fused-ring (bicyclic) bond motifs is 1. The fourth-order valence-corrected chi connectivity index (χ4v) is 2.45. The maximum Gasteiger partial charge on any atom is 0.258 e. The number of rotatable bonds is 2. The van der Waals surface area contributed by atoms with Crippen molar-refractivity contribution >= 4 is 17.3 Å². The molecule has 2 aromatic heterocycles. The Morgan fingerprint density at radius 2 is 2.13 bits per heavy atom. The van der Waals surface area contributed by atoms with Crippen LogP contribution in [0.5, 0.6) is 0 Å². The molecule has 4 rings (SSSR count). The van der Waals surface area contributed by atoms with E-state index < -0.39 is 0 Å². The minimum atomic E-state index is -0.0770. The van der Waals surface area contributed by atoms with Crippen molar-refractivity contribution in [3.05, 3.63) is 42.2 Å². The minimum absolute atomic E-state index is 0.0770. The number of anilines is 2. The summed E-state index contributed by atoms with van der Waals surface area (Å²) in [7, 11) is 0. The van der Waals surface area contributed by atoms with Gasteiger partial charge in [-0.1, -0.05) is 5.16 Å². The fraction of sp³-hybridized carbons (Fsp3) is 0.125. The summed E-state index contributed by atoms with van der Waals surface area (Å²) in [5.74, 6) is 0.809. The van der Waals surface area contributed by atoms with Crippen LogP contribution in [0.1, 0.15) is 5.56 Å². The van der Waals surface area contributed by atoms with Crippen molar-refractivity contribution in [2.75, 3.05) is 17.2 Å². The molecule has 1 aliphatic rings. The van der Waals surface area contributed by atoms with Crippen LogP contribution in [0.25, 0.3) is 22.8 Å². The van der Waals surface area contributed by atoms with Gasteiger partial charge < -0.3 is 15.2 Å². The van der Waals surface area contributed by atoms with Gasteiger partial charge in [-0.15, -0.1) is 0 Å². The van der Waals surface area contributed by atoms with Gasteiger partial charge >= 0.3 is 0 Å². The molecule has 1 aromatic carbocycles. The number of carbonyl (C=O) groups excluding carboxylic acids is 1. The lowest BCUT2D eigenvalue weighted by atomic mass is 10.1. The number of hydrogen-bond acceptors (Lipinski definition) is 6. The lowest BCUT2D eigenvalue weighted by Gasteiger charge is -2.18. The van der Waals surface area contributed by atoms with Crippen molar-refractivity contribution in [2.24, 2.45) is 0 Å². The summed E-state index contributed by atoms with van der Waals surface area (Å²) in [4.78, 5) is 20.0. The molecule has 23 heavy (non-hydrogen) atoms. The molecule has 0 saturated carbocycles. The van der Waals surface area contributed by atoms with E-state index in [9.17, 15) is 4.79 Å². The van der Waals surface area contributed by atoms with Crippen molar-refractivity contribution in [1.82, 2.24) is 15.1 Å². The molecule has 0 aliphatic carbocycles. The standard InChI is InChI=1S/C16H13N5O2/c1-9-4-5-17-7-11(9)15-20-16(23-21-15)10-2-3-12-13(6-10)19-14(22)8-18-12/h2-7,18H,8H2,1H3,(H,19,22). The number of nitrogens with zero attached hydrogens (tertiary/aromatic N) is 3. The molecular formula is C16H13N5O2. The Morgan fingerprint density at radius 1 is 1.22 bits per heavy atom. The van der Waals surface area contributed by atoms with E-state index in [1.807, 2.05) is 31.2 Å². The Balaban J connectivity index is 1.71. The Kier molecular flexibility index (Phi) is 3.04. The lowest BCUT2D eigenvalue weighted by Crippen LogP contribution is -2.27. The number of amides is 1. The maximum absolute atomic E-state index is 11.5. The first-order valence-electron chi connectivity index (χ1n) is 7.13. The predicted octanol–water partition coefficient (Wildman–Crippen LogP) is 2.47. The molecule has 0 saturated heterocycles. The van der Waals surface area contributed by atoms with Crippen molar-refractivity contribution in [3.63, 3.8) is 0 Å². The van der Waals surface area contributed by atoms with Crippen LogP contribution in [-0.2, 0) is 4.79 Å². The van der Waals surface area contributed by atoms with Gasteiger partial charge in [-0.25, -0.2) is 0 Å². The molecule has 0 fully saturated rings. The highest BCUT2D eigenvalue weighted by atomic mass is 16.5. The number of benzene rings is 1. The molecule has 3 heterocycles. The third kappa shape index (κ3) is 2.42. The van der Waals surface area contributed by atoms with Crippen LogP contribution in [-0.4, -0.2) is 27.6 Å². The summed E-state index contributed by atoms with van der Waals surface area (Å²) in [6.07, 6.45) is 3.43. The largest absolute Gasteiger partial charge is 0.374 e. The lowest BCUT2D eigenvalue weighted by molar-refractivity contribution is -0.114. The van der Waals surface area contributed by atoms with Gasteiger partial charge in [-0.2, -0.15) is 4.98 Å². The number of aromatic nitrogens is 3. The smallest absolute Gasteiger partial charge is 0.258 e. The van der Waals surface area contributed by atoms with E-state index in [0.29, 0.717) is 17.4 Å². The van der Waals surface area contributed by atoms with E-state index in [1.165, 1.54) is 0 Å². The van der Waals surface area contributed by atoms with E-state index in [0.717, 1.165) is 22.4 Å². The molecule has 114 valence electrons. The van der Waals surface area contributed by atoms with Gasteiger partial charge in [-0.05, 0) is 36.8 Å². The normalized spacial score (nSPS) is 13.2. The Hall–Kier alpha value is -3.22. The van der Waals surface area contributed by atoms with Crippen LogP contribution in [0.2, 0.25) is 0 Å². The number of pyridine rings is 1. The second kappa shape index (κ2) is 5.20. The van der Waals surface area contributed by atoms with Crippen LogP contribution in [0.15, 0.2) is 41.2 Å². The zero-order valence-corrected chi connectivity index (χ0v) is 12.3.